The molecule has 0 bridgehead atoms. The van der Waals surface area contributed by atoms with Gasteiger partial charge in [0.25, 0.3) is 0 Å². The van der Waals surface area contributed by atoms with Crippen molar-refractivity contribution in [3.8, 4) is 0 Å². The second kappa shape index (κ2) is 5.55. The van der Waals surface area contributed by atoms with Crippen LogP contribution in [0, 0.1) is 13.8 Å². The van der Waals surface area contributed by atoms with Crippen molar-refractivity contribution in [2.24, 2.45) is 0 Å². The van der Waals surface area contributed by atoms with Gasteiger partial charge in [0.15, 0.2) is 0 Å². The minimum atomic E-state index is -0.965. The Bertz CT molecular complexity index is 668. The third kappa shape index (κ3) is 2.78. The lowest BCUT2D eigenvalue weighted by Crippen LogP contribution is -2.15. The predicted molar refractivity (Wildman–Crippen MR) is 82.4 cm³/mol. The predicted octanol–water partition coefficient (Wildman–Crippen LogP) is 4.42. The van der Waals surface area contributed by atoms with Gasteiger partial charge in [0.2, 0.25) is 0 Å². The van der Waals surface area contributed by atoms with Crippen molar-refractivity contribution in [3.63, 3.8) is 0 Å². The minimum Gasteiger partial charge on any atom is -0.478 e. The van der Waals surface area contributed by atoms with Crippen LogP contribution in [0.25, 0.3) is 0 Å². The smallest absolute Gasteiger partial charge is 0.337 e. The summed E-state index contributed by atoms with van der Waals surface area (Å²) in [6.45, 7) is 4.03. The maximum absolute atomic E-state index is 11.3. The number of rotatable bonds is 3. The summed E-state index contributed by atoms with van der Waals surface area (Å²) in [4.78, 5) is 13.2. The molecule has 0 aromatic heterocycles. The molecule has 0 spiro atoms. The molecular formula is C16H16ClNO2. The van der Waals surface area contributed by atoms with Crippen LogP contribution in [0.5, 0.6) is 0 Å². The van der Waals surface area contributed by atoms with E-state index in [2.05, 4.69) is 6.07 Å². The van der Waals surface area contributed by atoms with E-state index in [9.17, 15) is 9.90 Å². The number of hydrogen-bond acceptors (Lipinski definition) is 2. The molecule has 4 heteroatoms. The Hall–Kier alpha value is -2.00. The highest BCUT2D eigenvalue weighted by Gasteiger charge is 2.16. The van der Waals surface area contributed by atoms with Gasteiger partial charge in [-0.25, -0.2) is 4.79 Å². The Morgan fingerprint density at radius 2 is 1.80 bits per heavy atom. The van der Waals surface area contributed by atoms with Crippen molar-refractivity contribution < 1.29 is 9.90 Å². The normalized spacial score (nSPS) is 10.4. The van der Waals surface area contributed by atoms with Crippen LogP contribution in [0.4, 0.5) is 11.4 Å². The van der Waals surface area contributed by atoms with E-state index in [1.54, 1.807) is 12.1 Å². The first-order chi connectivity index (χ1) is 9.40. The van der Waals surface area contributed by atoms with Gasteiger partial charge in [-0.1, -0.05) is 29.3 Å². The minimum absolute atomic E-state index is 0.233. The average molecular weight is 290 g/mol. The maximum Gasteiger partial charge on any atom is 0.337 e. The van der Waals surface area contributed by atoms with Gasteiger partial charge >= 0.3 is 5.97 Å². The number of anilines is 2. The highest BCUT2D eigenvalue weighted by Crippen LogP contribution is 2.32. The highest BCUT2D eigenvalue weighted by atomic mass is 35.5. The van der Waals surface area contributed by atoms with E-state index in [0.29, 0.717) is 10.7 Å². The van der Waals surface area contributed by atoms with Gasteiger partial charge in [-0.3, -0.25) is 0 Å². The van der Waals surface area contributed by atoms with E-state index in [0.717, 1.165) is 11.3 Å². The van der Waals surface area contributed by atoms with Crippen molar-refractivity contribution in [2.45, 2.75) is 13.8 Å². The summed E-state index contributed by atoms with van der Waals surface area (Å²) in [5.41, 5.74) is 4.03. The van der Waals surface area contributed by atoms with Gasteiger partial charge in [0.05, 0.1) is 11.3 Å². The quantitative estimate of drug-likeness (QED) is 0.909. The summed E-state index contributed by atoms with van der Waals surface area (Å²) in [5, 5.41) is 9.81. The fourth-order valence-electron chi connectivity index (χ4n) is 2.27. The van der Waals surface area contributed by atoms with Crippen LogP contribution < -0.4 is 4.90 Å². The molecule has 1 N–H and O–H groups in total. The molecule has 0 unspecified atom stereocenters. The van der Waals surface area contributed by atoms with Gasteiger partial charge in [-0.05, 0) is 43.7 Å². The van der Waals surface area contributed by atoms with Crippen molar-refractivity contribution in [1.82, 2.24) is 0 Å². The van der Waals surface area contributed by atoms with Gasteiger partial charge in [0.1, 0.15) is 0 Å². The van der Waals surface area contributed by atoms with Crippen molar-refractivity contribution in [1.29, 1.82) is 0 Å². The molecule has 0 saturated carbocycles. The number of carboxylic acids is 1. The summed E-state index contributed by atoms with van der Waals surface area (Å²) in [6.07, 6.45) is 0. The molecule has 3 nitrogen and oxygen atoms in total. The van der Waals surface area contributed by atoms with Crippen LogP contribution in [0.1, 0.15) is 21.5 Å². The molecular weight excluding hydrogens is 274 g/mol. The monoisotopic (exact) mass is 289 g/mol. The molecule has 104 valence electrons. The Labute approximate surface area is 123 Å². The molecule has 0 aliphatic heterocycles. The number of aromatic carboxylic acids is 1. The maximum atomic E-state index is 11.3. The highest BCUT2D eigenvalue weighted by molar-refractivity contribution is 6.31. The first kappa shape index (κ1) is 14.4. The van der Waals surface area contributed by atoms with E-state index >= 15 is 0 Å². The Morgan fingerprint density at radius 1 is 1.10 bits per heavy atom. The van der Waals surface area contributed by atoms with Crippen molar-refractivity contribution in [2.75, 3.05) is 11.9 Å². The third-order valence-electron chi connectivity index (χ3n) is 3.27. The van der Waals surface area contributed by atoms with Crippen LogP contribution in [0.3, 0.4) is 0 Å². The number of aryl methyl sites for hydroxylation is 2. The van der Waals surface area contributed by atoms with Crippen LogP contribution >= 0.6 is 11.6 Å². The molecule has 20 heavy (non-hydrogen) atoms. The number of nitrogens with zero attached hydrogens (tertiary/aromatic N) is 1. The Kier molecular flexibility index (Phi) is 4.00. The van der Waals surface area contributed by atoms with Crippen LogP contribution in [0.15, 0.2) is 36.4 Å². The average Bonchev–Trinajstić information content (AvgIpc) is 2.37. The van der Waals surface area contributed by atoms with Crippen LogP contribution in [-0.2, 0) is 0 Å². The first-order valence-corrected chi connectivity index (χ1v) is 6.62. The molecule has 0 heterocycles. The summed E-state index contributed by atoms with van der Waals surface area (Å²) in [5.74, 6) is -0.965. The molecule has 2 aromatic rings. The van der Waals surface area contributed by atoms with E-state index < -0.39 is 5.97 Å². The fraction of sp³-hybridized carbons (Fsp3) is 0.188. The second-order valence-corrected chi connectivity index (χ2v) is 5.25. The standard InChI is InChI=1S/C16H16ClNO2/c1-10-4-7-14(11(2)8-10)18(3)15-9-12(17)5-6-13(15)16(19)20/h4-9H,1-3H3,(H,19,20). The van der Waals surface area contributed by atoms with Gasteiger partial charge in [0, 0.05) is 17.8 Å². The van der Waals surface area contributed by atoms with E-state index in [-0.39, 0.29) is 5.56 Å². The van der Waals surface area contributed by atoms with E-state index in [4.69, 9.17) is 11.6 Å². The van der Waals surface area contributed by atoms with Crippen molar-refractivity contribution in [3.05, 3.63) is 58.1 Å². The number of halogens is 1. The molecule has 0 saturated heterocycles. The first-order valence-electron chi connectivity index (χ1n) is 6.24. The largest absolute Gasteiger partial charge is 0.478 e. The molecule has 0 aliphatic carbocycles. The molecule has 0 amide bonds. The number of carbonyl (C=O) groups is 1. The summed E-state index contributed by atoms with van der Waals surface area (Å²) < 4.78 is 0. The summed E-state index contributed by atoms with van der Waals surface area (Å²) >= 11 is 6.00. The number of benzene rings is 2. The summed E-state index contributed by atoms with van der Waals surface area (Å²) in [6, 6.07) is 10.8. The molecule has 0 aliphatic rings. The lowest BCUT2D eigenvalue weighted by molar-refractivity contribution is 0.0697. The zero-order chi connectivity index (χ0) is 14.9. The van der Waals surface area contributed by atoms with Crippen LogP contribution in [-0.4, -0.2) is 18.1 Å². The molecule has 2 aromatic carbocycles. The van der Waals surface area contributed by atoms with Crippen LogP contribution in [0.2, 0.25) is 5.02 Å². The summed E-state index contributed by atoms with van der Waals surface area (Å²) in [7, 11) is 1.84. The van der Waals surface area contributed by atoms with Gasteiger partial charge < -0.3 is 10.0 Å². The molecule has 0 atom stereocenters. The number of hydrogen-bond donors (Lipinski definition) is 1. The van der Waals surface area contributed by atoms with E-state index in [1.165, 1.54) is 11.6 Å². The topological polar surface area (TPSA) is 40.5 Å². The molecule has 0 fully saturated rings. The number of carboxylic acid groups (broad SMARTS) is 1. The SMILES string of the molecule is Cc1ccc(N(C)c2cc(Cl)ccc2C(=O)O)c(C)c1. The second-order valence-electron chi connectivity index (χ2n) is 4.82. The van der Waals surface area contributed by atoms with Gasteiger partial charge in [-0.2, -0.15) is 0 Å². The van der Waals surface area contributed by atoms with E-state index in [1.807, 2.05) is 37.9 Å². The molecule has 2 rings (SSSR count). The zero-order valence-corrected chi connectivity index (χ0v) is 12.4. The third-order valence-corrected chi connectivity index (χ3v) is 3.50. The van der Waals surface area contributed by atoms with Crippen molar-refractivity contribution >= 4 is 28.9 Å². The lowest BCUT2D eigenvalue weighted by Gasteiger charge is -2.23. The zero-order valence-electron chi connectivity index (χ0n) is 11.6. The molecule has 0 radical (unpaired) electrons. The Morgan fingerprint density at radius 3 is 2.40 bits per heavy atom. The Balaban J connectivity index is 2.55. The lowest BCUT2D eigenvalue weighted by atomic mass is 10.1. The van der Waals surface area contributed by atoms with Gasteiger partial charge in [-0.15, -0.1) is 0 Å². The fourth-order valence-corrected chi connectivity index (χ4v) is 2.44.